The first-order valence-corrected chi connectivity index (χ1v) is 4.11. The highest BCUT2D eigenvalue weighted by Crippen LogP contribution is 2.40. The predicted octanol–water partition coefficient (Wildman–Crippen LogP) is 2.09. The van der Waals surface area contributed by atoms with Crippen molar-refractivity contribution in [3.8, 4) is 0 Å². The van der Waals surface area contributed by atoms with Crippen LogP contribution in [0, 0.1) is 21.4 Å². The third-order valence-electron chi connectivity index (χ3n) is 2.48. The monoisotopic (exact) mass is 157 g/mol. The van der Waals surface area contributed by atoms with E-state index in [0.717, 1.165) is 19.3 Å². The third kappa shape index (κ3) is 2.48. The SMILES string of the molecule is CC1(C)CCC(C[N+](=O)[O-])C1. The van der Waals surface area contributed by atoms with Crippen LogP contribution in [0.5, 0.6) is 0 Å². The zero-order valence-corrected chi connectivity index (χ0v) is 7.17. The minimum absolute atomic E-state index is 0.170. The Hall–Kier alpha value is -0.600. The molecule has 1 aliphatic rings. The van der Waals surface area contributed by atoms with E-state index in [9.17, 15) is 10.1 Å². The molecular weight excluding hydrogens is 142 g/mol. The van der Waals surface area contributed by atoms with Crippen LogP contribution < -0.4 is 0 Å². The van der Waals surface area contributed by atoms with Crippen LogP contribution in [0.1, 0.15) is 33.1 Å². The van der Waals surface area contributed by atoms with Gasteiger partial charge in [0.15, 0.2) is 0 Å². The Bertz CT molecular complexity index is 165. The van der Waals surface area contributed by atoms with E-state index in [1.165, 1.54) is 0 Å². The number of nitro groups is 1. The van der Waals surface area contributed by atoms with Crippen molar-refractivity contribution < 1.29 is 4.92 Å². The second kappa shape index (κ2) is 2.80. The Morgan fingerprint density at radius 3 is 2.64 bits per heavy atom. The van der Waals surface area contributed by atoms with Gasteiger partial charge in [-0.15, -0.1) is 0 Å². The minimum Gasteiger partial charge on any atom is -0.265 e. The van der Waals surface area contributed by atoms with Crippen LogP contribution in [-0.2, 0) is 0 Å². The summed E-state index contributed by atoms with van der Waals surface area (Å²) in [5, 5.41) is 10.2. The van der Waals surface area contributed by atoms with Gasteiger partial charge in [0.05, 0.1) is 0 Å². The molecule has 64 valence electrons. The second-order valence-corrected chi connectivity index (χ2v) is 4.29. The molecule has 0 aromatic carbocycles. The third-order valence-corrected chi connectivity index (χ3v) is 2.48. The van der Waals surface area contributed by atoms with Gasteiger partial charge >= 0.3 is 0 Å². The summed E-state index contributed by atoms with van der Waals surface area (Å²) in [6.45, 7) is 4.54. The minimum atomic E-state index is -0.188. The number of hydrogen-bond acceptors (Lipinski definition) is 2. The molecule has 0 N–H and O–H groups in total. The summed E-state index contributed by atoms with van der Waals surface area (Å²) in [4.78, 5) is 9.98. The Kier molecular flexibility index (Phi) is 2.16. The van der Waals surface area contributed by atoms with Gasteiger partial charge in [-0.2, -0.15) is 0 Å². The van der Waals surface area contributed by atoms with Gasteiger partial charge in [-0.1, -0.05) is 13.8 Å². The summed E-state index contributed by atoms with van der Waals surface area (Å²) < 4.78 is 0. The largest absolute Gasteiger partial charge is 0.265 e. The highest BCUT2D eigenvalue weighted by atomic mass is 16.6. The molecular formula is C8H15NO2. The van der Waals surface area contributed by atoms with Gasteiger partial charge in [0, 0.05) is 10.8 Å². The fourth-order valence-corrected chi connectivity index (χ4v) is 1.95. The van der Waals surface area contributed by atoms with Crippen molar-refractivity contribution in [3.63, 3.8) is 0 Å². The van der Waals surface area contributed by atoms with E-state index in [4.69, 9.17) is 0 Å². The van der Waals surface area contributed by atoms with E-state index in [2.05, 4.69) is 13.8 Å². The van der Waals surface area contributed by atoms with Crippen molar-refractivity contribution in [2.75, 3.05) is 6.54 Å². The van der Waals surface area contributed by atoms with Gasteiger partial charge in [0.25, 0.3) is 0 Å². The molecule has 11 heavy (non-hydrogen) atoms. The Labute approximate surface area is 66.9 Å². The van der Waals surface area contributed by atoms with Gasteiger partial charge in [0.2, 0.25) is 6.54 Å². The molecule has 0 aliphatic heterocycles. The fourth-order valence-electron chi connectivity index (χ4n) is 1.95. The maximum absolute atomic E-state index is 10.2. The predicted molar refractivity (Wildman–Crippen MR) is 43.0 cm³/mol. The van der Waals surface area contributed by atoms with Crippen molar-refractivity contribution in [2.24, 2.45) is 11.3 Å². The molecule has 0 radical (unpaired) electrons. The lowest BCUT2D eigenvalue weighted by molar-refractivity contribution is -0.488. The molecule has 0 heterocycles. The van der Waals surface area contributed by atoms with E-state index in [0.29, 0.717) is 11.3 Å². The summed E-state index contributed by atoms with van der Waals surface area (Å²) in [5.41, 5.74) is 0.348. The Balaban J connectivity index is 2.36. The van der Waals surface area contributed by atoms with Crippen LogP contribution in [0.2, 0.25) is 0 Å². The summed E-state index contributed by atoms with van der Waals surface area (Å²) in [5.74, 6) is 0.333. The Morgan fingerprint density at radius 2 is 2.27 bits per heavy atom. The quantitative estimate of drug-likeness (QED) is 0.455. The van der Waals surface area contributed by atoms with Crippen molar-refractivity contribution in [1.82, 2.24) is 0 Å². The molecule has 1 unspecified atom stereocenters. The van der Waals surface area contributed by atoms with Crippen LogP contribution >= 0.6 is 0 Å². The standard InChI is InChI=1S/C8H15NO2/c1-8(2)4-3-7(5-8)6-9(10)11/h7H,3-6H2,1-2H3. The van der Waals surface area contributed by atoms with E-state index < -0.39 is 0 Å². The normalized spacial score (nSPS) is 28.7. The van der Waals surface area contributed by atoms with Crippen LogP contribution in [0.3, 0.4) is 0 Å². The maximum Gasteiger partial charge on any atom is 0.206 e. The molecule has 0 aromatic heterocycles. The van der Waals surface area contributed by atoms with E-state index in [1.54, 1.807) is 0 Å². The van der Waals surface area contributed by atoms with Crippen LogP contribution in [0.25, 0.3) is 0 Å². The molecule has 0 aromatic rings. The lowest BCUT2D eigenvalue weighted by atomic mass is 9.91. The molecule has 1 aliphatic carbocycles. The summed E-state index contributed by atoms with van der Waals surface area (Å²) in [6.07, 6.45) is 3.20. The number of nitrogens with zero attached hydrogens (tertiary/aromatic N) is 1. The molecule has 0 spiro atoms. The maximum atomic E-state index is 10.2. The molecule has 0 amide bonds. The van der Waals surface area contributed by atoms with Crippen molar-refractivity contribution >= 4 is 0 Å². The lowest BCUT2D eigenvalue weighted by Gasteiger charge is -2.15. The Morgan fingerprint density at radius 1 is 1.64 bits per heavy atom. The highest BCUT2D eigenvalue weighted by Gasteiger charge is 2.33. The topological polar surface area (TPSA) is 43.1 Å². The van der Waals surface area contributed by atoms with E-state index >= 15 is 0 Å². The van der Waals surface area contributed by atoms with Crippen molar-refractivity contribution in [1.29, 1.82) is 0 Å². The molecule has 3 heteroatoms. The fraction of sp³-hybridized carbons (Fsp3) is 1.00. The first kappa shape index (κ1) is 8.50. The molecule has 1 atom stereocenters. The van der Waals surface area contributed by atoms with Crippen LogP contribution in [0.4, 0.5) is 0 Å². The summed E-state index contributed by atoms with van der Waals surface area (Å²) in [7, 11) is 0. The number of hydrogen-bond donors (Lipinski definition) is 0. The summed E-state index contributed by atoms with van der Waals surface area (Å²) >= 11 is 0. The van der Waals surface area contributed by atoms with E-state index in [-0.39, 0.29) is 11.5 Å². The number of rotatable bonds is 2. The zero-order chi connectivity index (χ0) is 8.48. The smallest absolute Gasteiger partial charge is 0.206 e. The second-order valence-electron chi connectivity index (χ2n) is 4.29. The molecule has 0 saturated heterocycles. The molecule has 1 saturated carbocycles. The average molecular weight is 157 g/mol. The average Bonchev–Trinajstić information content (AvgIpc) is 2.08. The van der Waals surface area contributed by atoms with Gasteiger partial charge in [-0.25, -0.2) is 0 Å². The van der Waals surface area contributed by atoms with Gasteiger partial charge in [0.1, 0.15) is 0 Å². The van der Waals surface area contributed by atoms with Crippen molar-refractivity contribution in [3.05, 3.63) is 10.1 Å². The zero-order valence-electron chi connectivity index (χ0n) is 7.17. The molecule has 0 bridgehead atoms. The highest BCUT2D eigenvalue weighted by molar-refractivity contribution is 4.81. The summed E-state index contributed by atoms with van der Waals surface area (Å²) in [6, 6.07) is 0. The molecule has 3 nitrogen and oxygen atoms in total. The van der Waals surface area contributed by atoms with Gasteiger partial charge in [-0.05, 0) is 24.7 Å². The van der Waals surface area contributed by atoms with Crippen LogP contribution in [0.15, 0.2) is 0 Å². The first-order chi connectivity index (χ1) is 4.99. The lowest BCUT2D eigenvalue weighted by Crippen LogP contribution is -2.13. The first-order valence-electron chi connectivity index (χ1n) is 4.11. The van der Waals surface area contributed by atoms with Crippen LogP contribution in [-0.4, -0.2) is 11.5 Å². The molecule has 1 rings (SSSR count). The van der Waals surface area contributed by atoms with Gasteiger partial charge < -0.3 is 0 Å². The molecule has 1 fully saturated rings. The van der Waals surface area contributed by atoms with E-state index in [1.807, 2.05) is 0 Å². The van der Waals surface area contributed by atoms with Crippen molar-refractivity contribution in [2.45, 2.75) is 33.1 Å². The van der Waals surface area contributed by atoms with Gasteiger partial charge in [-0.3, -0.25) is 10.1 Å².